The number of hydrogen-bond acceptors (Lipinski definition) is 11. The summed E-state index contributed by atoms with van der Waals surface area (Å²) >= 11 is 0. The zero-order valence-electron chi connectivity index (χ0n) is 30.9. The van der Waals surface area contributed by atoms with Crippen molar-refractivity contribution in [2.45, 2.75) is 125 Å². The first-order valence-electron chi connectivity index (χ1n) is 18.7. The minimum absolute atomic E-state index is 0.0439. The lowest BCUT2D eigenvalue weighted by Gasteiger charge is -2.34. The molecule has 18 heteroatoms. The zero-order chi connectivity index (χ0) is 39.3. The van der Waals surface area contributed by atoms with Gasteiger partial charge in [-0.15, -0.1) is 0 Å². The molecule has 3 saturated carbocycles. The van der Waals surface area contributed by atoms with Gasteiger partial charge in [-0.2, -0.15) is 0 Å². The Morgan fingerprint density at radius 1 is 1.04 bits per heavy atom. The molecule has 0 spiro atoms. The first-order valence-corrected chi connectivity index (χ1v) is 20.2. The van der Waals surface area contributed by atoms with E-state index in [9.17, 15) is 36.4 Å². The van der Waals surface area contributed by atoms with E-state index in [2.05, 4.69) is 25.3 Å². The standard InChI is InChI=1S/C37H46F2N6O9S/c1-21-31(41-28-15-23(52-3)11-12-26(28)40-21)53-24-16-29-30(46)43-37(33(48)44-55(50,51)35(2)13-14-35)17-22(37)9-7-5-4-6-8-10-27(32(47)45(29)20-24)42-34(49)54-25-18-36(38,39)19-25/h7,9,11-12,15,22,24-25,27,29H,4-6,8,10,13-14,16-20H2,1-3H3,(H,42,49)(H,43,46)(H,44,48)/b9-7+/t22-,24-,27+,29+,37-/m1/s1. The highest BCUT2D eigenvalue weighted by Crippen LogP contribution is 2.47. The molecule has 1 aromatic heterocycles. The molecule has 3 aliphatic carbocycles. The predicted octanol–water partition coefficient (Wildman–Crippen LogP) is 3.58. The molecule has 0 bridgehead atoms. The second-order valence-electron chi connectivity index (χ2n) is 15.7. The summed E-state index contributed by atoms with van der Waals surface area (Å²) in [4.78, 5) is 66.0. The number of benzene rings is 1. The van der Waals surface area contributed by atoms with Gasteiger partial charge in [-0.05, 0) is 64.5 Å². The molecule has 5 atom stereocenters. The van der Waals surface area contributed by atoms with E-state index in [1.54, 1.807) is 32.0 Å². The molecule has 2 aliphatic heterocycles. The fourth-order valence-electron chi connectivity index (χ4n) is 7.47. The molecule has 5 aliphatic rings. The first kappa shape index (κ1) is 38.7. The second-order valence-corrected chi connectivity index (χ2v) is 17.9. The summed E-state index contributed by atoms with van der Waals surface area (Å²) in [5.41, 5.74) is -0.0362. The Labute approximate surface area is 317 Å². The van der Waals surface area contributed by atoms with Gasteiger partial charge in [-0.1, -0.05) is 25.0 Å². The minimum atomic E-state index is -4.03. The number of nitrogens with one attached hydrogen (secondary N) is 3. The lowest BCUT2D eigenvalue weighted by atomic mass is 9.91. The summed E-state index contributed by atoms with van der Waals surface area (Å²) in [6, 6.07) is 2.81. The van der Waals surface area contributed by atoms with Crippen molar-refractivity contribution < 1.29 is 50.6 Å². The fourth-order valence-corrected chi connectivity index (χ4v) is 8.78. The number of rotatable bonds is 8. The maximum Gasteiger partial charge on any atom is 0.408 e. The molecule has 3 heterocycles. The molecule has 0 unspecified atom stereocenters. The van der Waals surface area contributed by atoms with Crippen LogP contribution in [0.4, 0.5) is 13.6 Å². The van der Waals surface area contributed by atoms with Gasteiger partial charge in [-0.3, -0.25) is 19.1 Å². The third-order valence-electron chi connectivity index (χ3n) is 11.4. The Balaban J connectivity index is 1.17. The Kier molecular flexibility index (Phi) is 10.2. The summed E-state index contributed by atoms with van der Waals surface area (Å²) in [7, 11) is -2.51. The van der Waals surface area contributed by atoms with E-state index in [0.29, 0.717) is 61.0 Å². The predicted molar refractivity (Wildman–Crippen MR) is 193 cm³/mol. The van der Waals surface area contributed by atoms with Crippen LogP contribution in [-0.4, -0.2) is 101 Å². The molecule has 4 fully saturated rings. The molecule has 4 amide bonds. The van der Waals surface area contributed by atoms with Gasteiger partial charge in [0.2, 0.25) is 27.7 Å². The average molecular weight is 789 g/mol. The molecule has 298 valence electrons. The van der Waals surface area contributed by atoms with E-state index in [0.717, 1.165) is 0 Å². The normalized spacial score (nSPS) is 29.6. The molecule has 3 N–H and O–H groups in total. The highest BCUT2D eigenvalue weighted by Gasteiger charge is 2.63. The first-order chi connectivity index (χ1) is 26.0. The molecular weight excluding hydrogens is 743 g/mol. The number of amides is 4. The number of alkyl carbamates (subject to hydrolysis) is 1. The molecule has 55 heavy (non-hydrogen) atoms. The van der Waals surface area contributed by atoms with E-state index in [4.69, 9.17) is 14.2 Å². The van der Waals surface area contributed by atoms with Crippen molar-refractivity contribution in [2.24, 2.45) is 5.92 Å². The number of fused-ring (bicyclic) bond motifs is 3. The molecular formula is C37H46F2N6O9S. The van der Waals surface area contributed by atoms with Crippen molar-refractivity contribution in [2.75, 3.05) is 13.7 Å². The Morgan fingerprint density at radius 3 is 2.51 bits per heavy atom. The summed E-state index contributed by atoms with van der Waals surface area (Å²) in [6.45, 7) is 3.15. The van der Waals surface area contributed by atoms with Gasteiger partial charge in [0, 0.05) is 31.2 Å². The Hall–Kier alpha value is -4.61. The van der Waals surface area contributed by atoms with Crippen molar-refractivity contribution in [3.05, 3.63) is 36.0 Å². The van der Waals surface area contributed by atoms with E-state index in [-0.39, 0.29) is 31.7 Å². The van der Waals surface area contributed by atoms with Gasteiger partial charge in [0.1, 0.15) is 41.3 Å². The SMILES string of the molecule is COc1ccc2nc(C)c(O[C@@H]3C[C@H]4C(=O)N[C@]5(C(=O)NS(=O)(=O)C6(C)CC6)C[C@H]5/C=C/CCCCC[C@H](NC(=O)OC5CC(F)(F)C5)C(=O)N4C3)nc2c1. The zero-order valence-corrected chi connectivity index (χ0v) is 31.8. The number of methoxy groups -OCH3 is 1. The quantitative estimate of drug-likeness (QED) is 0.331. The molecule has 1 aromatic carbocycles. The molecule has 1 saturated heterocycles. The van der Waals surface area contributed by atoms with Crippen LogP contribution in [0.3, 0.4) is 0 Å². The fraction of sp³-hybridized carbons (Fsp3) is 0.622. The third kappa shape index (κ3) is 8.05. The van der Waals surface area contributed by atoms with Crippen molar-refractivity contribution in [3.63, 3.8) is 0 Å². The van der Waals surface area contributed by atoms with Gasteiger partial charge >= 0.3 is 6.09 Å². The van der Waals surface area contributed by atoms with Crippen molar-refractivity contribution in [1.82, 2.24) is 30.2 Å². The summed E-state index contributed by atoms with van der Waals surface area (Å²) < 4.78 is 71.1. The second kappa shape index (κ2) is 14.5. The maximum atomic E-state index is 14.4. The van der Waals surface area contributed by atoms with Crippen molar-refractivity contribution >= 4 is 44.9 Å². The van der Waals surface area contributed by atoms with Crippen LogP contribution in [-0.2, 0) is 29.1 Å². The lowest BCUT2D eigenvalue weighted by Crippen LogP contribution is -2.58. The molecule has 2 aromatic rings. The van der Waals surface area contributed by atoms with Crippen LogP contribution in [0.15, 0.2) is 30.4 Å². The van der Waals surface area contributed by atoms with Crippen LogP contribution in [0.1, 0.15) is 83.2 Å². The number of hydrogen-bond donors (Lipinski definition) is 3. The van der Waals surface area contributed by atoms with E-state index in [1.165, 1.54) is 12.0 Å². The molecule has 7 rings (SSSR count). The van der Waals surface area contributed by atoms with Crippen LogP contribution in [0.5, 0.6) is 11.6 Å². The third-order valence-corrected chi connectivity index (χ3v) is 13.5. The van der Waals surface area contributed by atoms with Crippen LogP contribution < -0.4 is 24.8 Å². The highest BCUT2D eigenvalue weighted by molar-refractivity contribution is 7.91. The Bertz CT molecular complexity index is 2020. The van der Waals surface area contributed by atoms with E-state index < -0.39 is 93.1 Å². The largest absolute Gasteiger partial charge is 0.497 e. The van der Waals surface area contributed by atoms with Crippen LogP contribution >= 0.6 is 0 Å². The van der Waals surface area contributed by atoms with Crippen molar-refractivity contribution in [3.8, 4) is 11.6 Å². The summed E-state index contributed by atoms with van der Waals surface area (Å²) in [5.74, 6) is -4.87. The number of sulfonamides is 1. The lowest BCUT2D eigenvalue weighted by molar-refractivity contribution is -0.146. The number of alkyl halides is 2. The molecule has 15 nitrogen and oxygen atoms in total. The van der Waals surface area contributed by atoms with Crippen molar-refractivity contribution in [1.29, 1.82) is 0 Å². The van der Waals surface area contributed by atoms with Gasteiger partial charge in [0.25, 0.3) is 11.8 Å². The monoisotopic (exact) mass is 788 g/mol. The van der Waals surface area contributed by atoms with Crippen LogP contribution in [0.2, 0.25) is 0 Å². The Morgan fingerprint density at radius 2 is 1.80 bits per heavy atom. The number of halogens is 2. The number of aromatic nitrogens is 2. The van der Waals surface area contributed by atoms with E-state index >= 15 is 0 Å². The topological polar surface area (TPSA) is 195 Å². The van der Waals surface area contributed by atoms with Gasteiger partial charge in [0.15, 0.2) is 0 Å². The van der Waals surface area contributed by atoms with E-state index in [1.807, 2.05) is 12.2 Å². The number of allylic oxidation sites excluding steroid dienone is 1. The average Bonchev–Trinajstić information content (AvgIpc) is 3.99. The van der Waals surface area contributed by atoms with Gasteiger partial charge < -0.3 is 29.7 Å². The maximum absolute atomic E-state index is 14.4. The number of nitrogens with zero attached hydrogens (tertiary/aromatic N) is 3. The van der Waals surface area contributed by atoms with Crippen LogP contribution in [0.25, 0.3) is 11.0 Å². The number of carbonyl (C=O) groups is 4. The summed E-state index contributed by atoms with van der Waals surface area (Å²) in [6.07, 6.45) is 3.29. The smallest absolute Gasteiger partial charge is 0.408 e. The number of ether oxygens (including phenoxy) is 3. The number of aryl methyl sites for hydroxylation is 1. The summed E-state index contributed by atoms with van der Waals surface area (Å²) in [5, 5.41) is 5.38. The highest BCUT2D eigenvalue weighted by atomic mass is 32.2. The molecule has 0 radical (unpaired) electrons. The van der Waals surface area contributed by atoms with Crippen LogP contribution in [0, 0.1) is 12.8 Å². The van der Waals surface area contributed by atoms with Gasteiger partial charge in [0.05, 0.1) is 29.4 Å². The minimum Gasteiger partial charge on any atom is -0.497 e. The van der Waals surface area contributed by atoms with Gasteiger partial charge in [-0.25, -0.2) is 32.0 Å². The number of carbonyl (C=O) groups excluding carboxylic acids is 4.